The Balaban J connectivity index is 1.99. The Hall–Kier alpha value is -1.35. The molecule has 13 heteroatoms. The third-order valence-corrected chi connectivity index (χ3v) is 8.38. The highest BCUT2D eigenvalue weighted by molar-refractivity contribution is 7.81. The van der Waals surface area contributed by atoms with Crippen molar-refractivity contribution in [1.82, 2.24) is 0 Å². The molecule has 1 heterocycles. The smallest absolute Gasteiger partial charge is 0.397 e. The van der Waals surface area contributed by atoms with Gasteiger partial charge in [-0.1, -0.05) is 31.1 Å². The lowest BCUT2D eigenvalue weighted by Gasteiger charge is -2.58. The molecule has 3 aliphatic rings. The van der Waals surface area contributed by atoms with Gasteiger partial charge in [0.2, 0.25) is 0 Å². The van der Waals surface area contributed by atoms with Crippen LogP contribution in [0.25, 0.3) is 0 Å². The first-order valence-electron chi connectivity index (χ1n) is 10.6. The van der Waals surface area contributed by atoms with Crippen molar-refractivity contribution in [3.63, 3.8) is 0 Å². The molecular weight excluding hydrogens is 480 g/mol. The molecular formula is C20H30O11S2. The number of aliphatic hydroxyl groups excluding tert-OH is 1. The largest absolute Gasteiger partial charge is 0.459 e. The summed E-state index contributed by atoms with van der Waals surface area (Å²) < 4.78 is 78.6. The van der Waals surface area contributed by atoms with Crippen LogP contribution in [0.2, 0.25) is 0 Å². The Kier molecular flexibility index (Phi) is 7.18. The summed E-state index contributed by atoms with van der Waals surface area (Å²) in [6.07, 6.45) is 1.70. The van der Waals surface area contributed by atoms with Gasteiger partial charge in [0.05, 0.1) is 18.3 Å². The lowest BCUT2D eigenvalue weighted by Crippen LogP contribution is -2.56. The number of hydrogen-bond donors (Lipinski definition) is 3. The maximum atomic E-state index is 11.9. The Morgan fingerprint density at radius 2 is 1.82 bits per heavy atom. The Morgan fingerprint density at radius 3 is 2.36 bits per heavy atom. The van der Waals surface area contributed by atoms with E-state index in [9.17, 15) is 31.3 Å². The van der Waals surface area contributed by atoms with Gasteiger partial charge in [0.25, 0.3) is 0 Å². The second-order valence-corrected chi connectivity index (χ2v) is 11.6. The predicted molar refractivity (Wildman–Crippen MR) is 114 cm³/mol. The summed E-state index contributed by atoms with van der Waals surface area (Å²) in [5.41, 5.74) is 0.495. The van der Waals surface area contributed by atoms with Crippen LogP contribution in [-0.4, -0.2) is 62.4 Å². The number of carbonyl (C=O) groups excluding carboxylic acids is 1. The van der Waals surface area contributed by atoms with Crippen LogP contribution in [0.5, 0.6) is 0 Å². The van der Waals surface area contributed by atoms with Crippen LogP contribution in [0.4, 0.5) is 0 Å². The number of ether oxygens (including phenoxy) is 1. The number of allylic oxidation sites excluding steroid dienone is 3. The van der Waals surface area contributed by atoms with Crippen molar-refractivity contribution in [3.8, 4) is 0 Å². The van der Waals surface area contributed by atoms with E-state index in [0.717, 1.165) is 11.1 Å². The van der Waals surface area contributed by atoms with E-state index < -0.39 is 56.4 Å². The van der Waals surface area contributed by atoms with Crippen molar-refractivity contribution < 1.29 is 48.9 Å². The van der Waals surface area contributed by atoms with Crippen LogP contribution in [0.3, 0.4) is 0 Å². The molecule has 2 fully saturated rings. The lowest BCUT2D eigenvalue weighted by atomic mass is 9.48. The quantitative estimate of drug-likeness (QED) is 0.197. The van der Waals surface area contributed by atoms with Crippen LogP contribution in [0.1, 0.15) is 52.9 Å². The van der Waals surface area contributed by atoms with Gasteiger partial charge < -0.3 is 9.84 Å². The summed E-state index contributed by atoms with van der Waals surface area (Å²) in [6, 6.07) is 0. The second-order valence-electron chi connectivity index (χ2n) is 9.49. The Labute approximate surface area is 193 Å². The van der Waals surface area contributed by atoms with E-state index in [0.29, 0.717) is 25.7 Å². The van der Waals surface area contributed by atoms with Gasteiger partial charge in [-0.2, -0.15) is 16.8 Å². The number of esters is 1. The van der Waals surface area contributed by atoms with Gasteiger partial charge >= 0.3 is 26.8 Å². The van der Waals surface area contributed by atoms with E-state index >= 15 is 0 Å². The highest BCUT2D eigenvalue weighted by Gasteiger charge is 2.58. The molecule has 0 spiro atoms. The van der Waals surface area contributed by atoms with Crippen molar-refractivity contribution in [3.05, 3.63) is 22.8 Å². The van der Waals surface area contributed by atoms with Gasteiger partial charge in [-0.05, 0) is 50.4 Å². The molecule has 3 rings (SSSR count). The molecule has 1 saturated carbocycles. The summed E-state index contributed by atoms with van der Waals surface area (Å²) >= 11 is 0. The van der Waals surface area contributed by atoms with Crippen molar-refractivity contribution >= 4 is 26.8 Å². The van der Waals surface area contributed by atoms with Crippen LogP contribution in [0, 0.1) is 16.7 Å². The topological polar surface area (TPSA) is 174 Å². The number of hydrogen-bond acceptors (Lipinski definition) is 9. The third-order valence-electron chi connectivity index (χ3n) is 7.49. The number of rotatable bonds is 7. The van der Waals surface area contributed by atoms with Crippen LogP contribution in [-0.2, 0) is 38.7 Å². The first-order valence-corrected chi connectivity index (χ1v) is 13.3. The fourth-order valence-corrected chi connectivity index (χ4v) is 6.91. The third kappa shape index (κ3) is 5.50. The normalized spacial score (nSPS) is 36.7. The highest BCUT2D eigenvalue weighted by Crippen LogP contribution is 2.61. The molecule has 11 nitrogen and oxygen atoms in total. The van der Waals surface area contributed by atoms with Gasteiger partial charge in [0, 0.05) is 5.41 Å². The molecule has 0 unspecified atom stereocenters. The summed E-state index contributed by atoms with van der Waals surface area (Å²) in [5.74, 6) is -0.917. The SMILES string of the molecule is CC1=C(C/C=C2/C(=O)OC[C@H]2O)[C@]2(C)CC[C@@H](OS(=O)(=O)O)[C@@](C)(COS(=O)(=O)O)[C@H]2CC1. The maximum Gasteiger partial charge on any atom is 0.397 e. The molecule has 0 bridgehead atoms. The summed E-state index contributed by atoms with van der Waals surface area (Å²) in [4.78, 5) is 11.9. The molecule has 5 atom stereocenters. The zero-order valence-corrected chi connectivity index (χ0v) is 20.3. The van der Waals surface area contributed by atoms with Gasteiger partial charge in [-0.3, -0.25) is 9.11 Å². The molecule has 33 heavy (non-hydrogen) atoms. The number of cyclic esters (lactones) is 1. The second kappa shape index (κ2) is 9.02. The van der Waals surface area contributed by atoms with E-state index in [1.807, 2.05) is 13.8 Å². The van der Waals surface area contributed by atoms with E-state index in [1.165, 1.54) is 0 Å². The Morgan fingerprint density at radius 1 is 1.15 bits per heavy atom. The van der Waals surface area contributed by atoms with Crippen molar-refractivity contribution in [2.75, 3.05) is 13.2 Å². The van der Waals surface area contributed by atoms with Crippen molar-refractivity contribution in [2.24, 2.45) is 16.7 Å². The molecule has 0 aromatic carbocycles. The highest BCUT2D eigenvalue weighted by atomic mass is 32.3. The monoisotopic (exact) mass is 510 g/mol. The zero-order chi connectivity index (χ0) is 24.8. The van der Waals surface area contributed by atoms with Gasteiger partial charge in [-0.15, -0.1) is 0 Å². The molecule has 0 radical (unpaired) electrons. The van der Waals surface area contributed by atoms with Crippen molar-refractivity contribution in [2.45, 2.75) is 65.1 Å². The standard InChI is InChI=1S/C20H30O11S2/c1-12-4-7-16-19(2,14(12)6-5-13-15(21)10-29-18(13)22)9-8-17(31-33(26,27)28)20(16,3)11-30-32(23,24)25/h5,15-17,21H,4,6-11H2,1-3H3,(H,23,24,25)(H,26,27,28)/b13-5+/t15-,16+,17-,19+,20+/m1/s1. The summed E-state index contributed by atoms with van der Waals surface area (Å²) in [5, 5.41) is 10.00. The molecule has 2 aliphatic carbocycles. The van der Waals surface area contributed by atoms with E-state index in [-0.39, 0.29) is 24.5 Å². The maximum absolute atomic E-state index is 11.9. The molecule has 0 aromatic heterocycles. The number of aliphatic hydroxyl groups is 1. The van der Waals surface area contributed by atoms with Crippen LogP contribution >= 0.6 is 0 Å². The fourth-order valence-electron chi connectivity index (χ4n) is 5.90. The van der Waals surface area contributed by atoms with E-state index in [2.05, 4.69) is 0 Å². The fraction of sp³-hybridized carbons (Fsp3) is 0.750. The van der Waals surface area contributed by atoms with E-state index in [1.54, 1.807) is 13.0 Å². The van der Waals surface area contributed by atoms with Crippen molar-refractivity contribution in [1.29, 1.82) is 0 Å². The molecule has 1 saturated heterocycles. The van der Waals surface area contributed by atoms with Crippen LogP contribution < -0.4 is 0 Å². The van der Waals surface area contributed by atoms with Gasteiger partial charge in [-0.25, -0.2) is 13.2 Å². The van der Waals surface area contributed by atoms with Gasteiger partial charge in [0.15, 0.2) is 0 Å². The summed E-state index contributed by atoms with van der Waals surface area (Å²) in [6.45, 7) is 4.91. The summed E-state index contributed by atoms with van der Waals surface area (Å²) in [7, 11) is -9.64. The molecule has 3 N–H and O–H groups in total. The first kappa shape index (κ1) is 26.3. The zero-order valence-electron chi connectivity index (χ0n) is 18.7. The molecule has 0 amide bonds. The average Bonchev–Trinajstić information content (AvgIpc) is 2.99. The molecule has 188 valence electrons. The minimum atomic E-state index is -4.83. The van der Waals surface area contributed by atoms with Crippen LogP contribution in [0.15, 0.2) is 22.8 Å². The lowest BCUT2D eigenvalue weighted by molar-refractivity contribution is -0.135. The van der Waals surface area contributed by atoms with Gasteiger partial charge in [0.1, 0.15) is 12.7 Å². The number of carbonyl (C=O) groups is 1. The first-order chi connectivity index (χ1) is 15.1. The predicted octanol–water partition coefficient (Wildman–Crippen LogP) is 1.76. The average molecular weight is 511 g/mol. The van der Waals surface area contributed by atoms with E-state index in [4.69, 9.17) is 17.7 Å². The minimum Gasteiger partial charge on any atom is -0.459 e. The Bertz CT molecular complexity index is 1080. The number of fused-ring (bicyclic) bond motifs is 1. The molecule has 0 aromatic rings. The molecule has 1 aliphatic heterocycles. The minimum absolute atomic E-state index is 0.0950.